The lowest BCUT2D eigenvalue weighted by Gasteiger charge is -2.37. The number of methoxy groups -OCH3 is 1. The Labute approximate surface area is 133 Å². The summed E-state index contributed by atoms with van der Waals surface area (Å²) in [6.45, 7) is 3.11. The minimum Gasteiger partial charge on any atom is -0.494 e. The molecule has 0 unspecified atom stereocenters. The number of nitrogens with zero attached hydrogens (tertiary/aromatic N) is 4. The van der Waals surface area contributed by atoms with E-state index in [0.29, 0.717) is 10.8 Å². The number of hydrogen-bond acceptors (Lipinski definition) is 5. The van der Waals surface area contributed by atoms with Gasteiger partial charge in [-0.3, -0.25) is 0 Å². The molecule has 3 rings (SSSR count). The van der Waals surface area contributed by atoms with E-state index in [1.54, 1.807) is 19.4 Å². The molecule has 2 heterocycles. The maximum absolute atomic E-state index is 13.3. The molecule has 1 aliphatic heterocycles. The van der Waals surface area contributed by atoms with Crippen LogP contribution in [0.25, 0.3) is 0 Å². The van der Waals surface area contributed by atoms with E-state index in [4.69, 9.17) is 16.3 Å². The molecule has 0 atom stereocenters. The number of aromatic nitrogens is 2. The van der Waals surface area contributed by atoms with Crippen molar-refractivity contribution in [3.63, 3.8) is 0 Å². The number of piperazine rings is 1. The Morgan fingerprint density at radius 3 is 2.59 bits per heavy atom. The van der Waals surface area contributed by atoms with Crippen molar-refractivity contribution < 1.29 is 9.13 Å². The van der Waals surface area contributed by atoms with Crippen LogP contribution in [-0.4, -0.2) is 43.3 Å². The molecule has 1 aliphatic rings. The molecule has 0 bridgehead atoms. The molecule has 1 fully saturated rings. The van der Waals surface area contributed by atoms with Crippen LogP contribution in [0.4, 0.5) is 15.9 Å². The maximum atomic E-state index is 13.3. The van der Waals surface area contributed by atoms with Crippen LogP contribution in [0.1, 0.15) is 0 Å². The van der Waals surface area contributed by atoms with E-state index in [-0.39, 0.29) is 5.82 Å². The van der Waals surface area contributed by atoms with Gasteiger partial charge in [-0.25, -0.2) is 14.4 Å². The number of benzene rings is 1. The number of anilines is 2. The summed E-state index contributed by atoms with van der Waals surface area (Å²) in [4.78, 5) is 12.4. The Bertz CT molecular complexity index is 662. The molecular weight excluding hydrogens is 307 g/mol. The number of rotatable bonds is 3. The van der Waals surface area contributed by atoms with Gasteiger partial charge in [0.05, 0.1) is 19.0 Å². The van der Waals surface area contributed by atoms with Gasteiger partial charge in [-0.1, -0.05) is 11.6 Å². The van der Waals surface area contributed by atoms with Gasteiger partial charge >= 0.3 is 0 Å². The number of hydrogen-bond donors (Lipinski definition) is 0. The van der Waals surface area contributed by atoms with Crippen LogP contribution >= 0.6 is 11.6 Å². The standard InChI is InChI=1S/C15H16ClFN4O/c1-22-14-8-11(17)2-3-13(14)20-4-6-21(7-5-20)15-12(16)9-18-10-19-15/h2-3,8-10H,4-7H2,1H3. The molecule has 0 spiro atoms. The monoisotopic (exact) mass is 322 g/mol. The van der Waals surface area contributed by atoms with Crippen LogP contribution in [0.2, 0.25) is 5.02 Å². The highest BCUT2D eigenvalue weighted by atomic mass is 35.5. The van der Waals surface area contributed by atoms with Crippen LogP contribution in [0.3, 0.4) is 0 Å². The molecule has 22 heavy (non-hydrogen) atoms. The molecule has 116 valence electrons. The van der Waals surface area contributed by atoms with Crippen molar-refractivity contribution in [2.75, 3.05) is 43.1 Å². The normalized spacial score (nSPS) is 15.0. The van der Waals surface area contributed by atoms with Gasteiger partial charge in [-0.15, -0.1) is 0 Å². The summed E-state index contributed by atoms with van der Waals surface area (Å²) in [6, 6.07) is 4.61. The summed E-state index contributed by atoms with van der Waals surface area (Å²) < 4.78 is 18.6. The maximum Gasteiger partial charge on any atom is 0.150 e. The lowest BCUT2D eigenvalue weighted by atomic mass is 10.2. The minimum absolute atomic E-state index is 0.299. The summed E-state index contributed by atoms with van der Waals surface area (Å²) >= 11 is 6.13. The molecule has 1 aromatic heterocycles. The fourth-order valence-corrected chi connectivity index (χ4v) is 2.84. The molecule has 0 radical (unpaired) electrons. The van der Waals surface area contributed by atoms with Gasteiger partial charge in [-0.05, 0) is 12.1 Å². The third-order valence-electron chi connectivity index (χ3n) is 3.71. The van der Waals surface area contributed by atoms with E-state index in [9.17, 15) is 4.39 Å². The van der Waals surface area contributed by atoms with E-state index >= 15 is 0 Å². The summed E-state index contributed by atoms with van der Waals surface area (Å²) in [5, 5.41) is 0.551. The lowest BCUT2D eigenvalue weighted by molar-refractivity contribution is 0.410. The molecule has 7 heteroatoms. The van der Waals surface area contributed by atoms with Crippen molar-refractivity contribution in [3.05, 3.63) is 41.6 Å². The molecule has 0 aliphatic carbocycles. The van der Waals surface area contributed by atoms with Crippen LogP contribution in [0.5, 0.6) is 5.75 Å². The largest absolute Gasteiger partial charge is 0.494 e. The zero-order valence-electron chi connectivity index (χ0n) is 12.2. The molecule has 0 N–H and O–H groups in total. The van der Waals surface area contributed by atoms with Crippen molar-refractivity contribution in [1.29, 1.82) is 0 Å². The lowest BCUT2D eigenvalue weighted by Crippen LogP contribution is -2.47. The van der Waals surface area contributed by atoms with E-state index in [0.717, 1.165) is 37.7 Å². The summed E-state index contributed by atoms with van der Waals surface area (Å²) in [6.07, 6.45) is 3.09. The predicted molar refractivity (Wildman–Crippen MR) is 84.4 cm³/mol. The smallest absolute Gasteiger partial charge is 0.150 e. The number of ether oxygens (including phenoxy) is 1. The van der Waals surface area contributed by atoms with Gasteiger partial charge in [0.1, 0.15) is 22.9 Å². The fourth-order valence-electron chi connectivity index (χ4n) is 2.61. The van der Waals surface area contributed by atoms with Crippen LogP contribution in [0.15, 0.2) is 30.7 Å². The molecule has 0 amide bonds. The Morgan fingerprint density at radius 1 is 1.18 bits per heavy atom. The van der Waals surface area contributed by atoms with Crippen molar-refractivity contribution in [2.24, 2.45) is 0 Å². The highest BCUT2D eigenvalue weighted by Crippen LogP contribution is 2.31. The summed E-state index contributed by atoms with van der Waals surface area (Å²) in [5.74, 6) is 1.00. The Morgan fingerprint density at radius 2 is 1.91 bits per heavy atom. The van der Waals surface area contributed by atoms with Crippen molar-refractivity contribution in [2.45, 2.75) is 0 Å². The molecule has 0 saturated carbocycles. The Balaban J connectivity index is 1.73. The Kier molecular flexibility index (Phi) is 4.29. The third kappa shape index (κ3) is 2.92. The topological polar surface area (TPSA) is 41.5 Å². The first-order valence-corrected chi connectivity index (χ1v) is 7.36. The zero-order chi connectivity index (χ0) is 15.5. The average molecular weight is 323 g/mol. The highest BCUT2D eigenvalue weighted by molar-refractivity contribution is 6.32. The van der Waals surface area contributed by atoms with Crippen LogP contribution in [-0.2, 0) is 0 Å². The van der Waals surface area contributed by atoms with Crippen molar-refractivity contribution in [1.82, 2.24) is 9.97 Å². The van der Waals surface area contributed by atoms with Gasteiger partial charge in [0.15, 0.2) is 5.82 Å². The van der Waals surface area contributed by atoms with Crippen molar-refractivity contribution >= 4 is 23.1 Å². The second kappa shape index (κ2) is 6.36. The molecule has 1 aromatic carbocycles. The first-order valence-electron chi connectivity index (χ1n) is 6.98. The molecular formula is C15H16ClFN4O. The van der Waals surface area contributed by atoms with Gasteiger partial charge in [-0.2, -0.15) is 0 Å². The molecule has 2 aromatic rings. The van der Waals surface area contributed by atoms with E-state index in [2.05, 4.69) is 19.8 Å². The first-order chi connectivity index (χ1) is 10.7. The van der Waals surface area contributed by atoms with Gasteiger partial charge in [0.2, 0.25) is 0 Å². The quantitative estimate of drug-likeness (QED) is 0.869. The minimum atomic E-state index is -0.299. The Hall–Kier alpha value is -2.08. The second-order valence-corrected chi connectivity index (χ2v) is 5.39. The van der Waals surface area contributed by atoms with Gasteiger partial charge in [0.25, 0.3) is 0 Å². The predicted octanol–water partition coefficient (Wildman–Crippen LogP) is 2.60. The van der Waals surface area contributed by atoms with Crippen LogP contribution in [0, 0.1) is 5.82 Å². The second-order valence-electron chi connectivity index (χ2n) is 4.98. The number of halogens is 2. The average Bonchev–Trinajstić information content (AvgIpc) is 2.55. The first kappa shape index (κ1) is 14.8. The van der Waals surface area contributed by atoms with Crippen LogP contribution < -0.4 is 14.5 Å². The van der Waals surface area contributed by atoms with Gasteiger partial charge < -0.3 is 14.5 Å². The van der Waals surface area contributed by atoms with Crippen molar-refractivity contribution in [3.8, 4) is 5.75 Å². The molecule has 1 saturated heterocycles. The van der Waals surface area contributed by atoms with E-state index in [1.807, 2.05) is 0 Å². The van der Waals surface area contributed by atoms with Gasteiger partial charge in [0, 0.05) is 32.2 Å². The van der Waals surface area contributed by atoms with E-state index in [1.165, 1.54) is 18.5 Å². The van der Waals surface area contributed by atoms with E-state index < -0.39 is 0 Å². The highest BCUT2D eigenvalue weighted by Gasteiger charge is 2.22. The summed E-state index contributed by atoms with van der Waals surface area (Å²) in [7, 11) is 1.55. The zero-order valence-corrected chi connectivity index (χ0v) is 12.9. The summed E-state index contributed by atoms with van der Waals surface area (Å²) in [5.41, 5.74) is 0.900. The molecule has 5 nitrogen and oxygen atoms in total. The third-order valence-corrected chi connectivity index (χ3v) is 3.98. The SMILES string of the molecule is COc1cc(F)ccc1N1CCN(c2ncncc2Cl)CC1. The fraction of sp³-hybridized carbons (Fsp3) is 0.333.